The van der Waals surface area contributed by atoms with Crippen LogP contribution in [0, 0.1) is 11.3 Å². The highest BCUT2D eigenvalue weighted by Gasteiger charge is 2.51. The van der Waals surface area contributed by atoms with E-state index < -0.39 is 12.0 Å². The van der Waals surface area contributed by atoms with Crippen LogP contribution in [0.25, 0.3) is 11.3 Å². The lowest BCUT2D eigenvalue weighted by molar-refractivity contribution is -0.137. The van der Waals surface area contributed by atoms with Gasteiger partial charge in [0, 0.05) is 6.04 Å². The van der Waals surface area contributed by atoms with Gasteiger partial charge in [-0.1, -0.05) is 69.5 Å². The zero-order valence-electron chi connectivity index (χ0n) is 23.6. The van der Waals surface area contributed by atoms with Crippen molar-refractivity contribution in [2.75, 3.05) is 7.11 Å². The third-order valence-corrected chi connectivity index (χ3v) is 8.38. The van der Waals surface area contributed by atoms with Crippen LogP contribution in [0.15, 0.2) is 54.6 Å². The van der Waals surface area contributed by atoms with Crippen molar-refractivity contribution in [1.82, 2.24) is 15.1 Å². The van der Waals surface area contributed by atoms with Crippen LogP contribution in [-0.4, -0.2) is 39.9 Å². The molecule has 0 bridgehead atoms. The molecule has 1 aromatic heterocycles. The third-order valence-electron chi connectivity index (χ3n) is 8.38. The lowest BCUT2D eigenvalue weighted by Crippen LogP contribution is -2.39. The maximum Gasteiger partial charge on any atom is 0.305 e. The Labute approximate surface area is 235 Å². The van der Waals surface area contributed by atoms with Crippen molar-refractivity contribution in [1.29, 1.82) is 0 Å². The predicted octanol–water partition coefficient (Wildman–Crippen LogP) is 6.26. The normalized spacial score (nSPS) is 19.0. The van der Waals surface area contributed by atoms with E-state index in [1.807, 2.05) is 53.2 Å². The summed E-state index contributed by atoms with van der Waals surface area (Å²) >= 11 is 0. The van der Waals surface area contributed by atoms with E-state index in [0.29, 0.717) is 18.1 Å². The van der Waals surface area contributed by atoms with Gasteiger partial charge in [0.25, 0.3) is 5.91 Å². The summed E-state index contributed by atoms with van der Waals surface area (Å²) < 4.78 is 14.1. The van der Waals surface area contributed by atoms with Crippen molar-refractivity contribution >= 4 is 11.9 Å². The first-order chi connectivity index (χ1) is 19.3. The molecule has 0 saturated heterocycles. The van der Waals surface area contributed by atoms with Gasteiger partial charge >= 0.3 is 5.97 Å². The van der Waals surface area contributed by atoms with Crippen LogP contribution in [0.3, 0.4) is 0 Å². The number of amides is 1. The average molecular weight is 546 g/mol. The molecule has 2 aliphatic rings. The summed E-state index contributed by atoms with van der Waals surface area (Å²) in [6, 6.07) is 17.2. The molecule has 2 aliphatic carbocycles. The number of rotatable bonds is 11. The standard InChI is InChI=1S/C32H39N3O5/c1-32(2)19-23(32)24(18-29(36)37)33-31(38)25-17-26(35(34-25)22-13-8-5-9-14-22)30-27(39-3)15-10-16-28(30)40-20-21-11-6-4-7-12-21/h4,6-7,10-12,15-17,22-24H,5,8-9,13-14,18-20H2,1-3H3,(H,33,38)(H,36,37)/t23?,24-/m1/s1. The Hall–Kier alpha value is -3.81. The summed E-state index contributed by atoms with van der Waals surface area (Å²) in [5.74, 6) is 0.135. The Morgan fingerprint density at radius 1 is 1.07 bits per heavy atom. The van der Waals surface area contributed by atoms with Crippen LogP contribution in [0.1, 0.15) is 80.9 Å². The molecule has 3 aromatic rings. The minimum Gasteiger partial charge on any atom is -0.496 e. The number of carbonyl (C=O) groups is 2. The van der Waals surface area contributed by atoms with Gasteiger partial charge in [-0.3, -0.25) is 14.3 Å². The van der Waals surface area contributed by atoms with Gasteiger partial charge in [0.05, 0.1) is 30.8 Å². The monoisotopic (exact) mass is 545 g/mol. The van der Waals surface area contributed by atoms with E-state index in [0.717, 1.165) is 48.9 Å². The summed E-state index contributed by atoms with van der Waals surface area (Å²) in [5.41, 5.74) is 2.85. The highest BCUT2D eigenvalue weighted by atomic mass is 16.5. The lowest BCUT2D eigenvalue weighted by atomic mass is 9.95. The number of methoxy groups -OCH3 is 1. The SMILES string of the molecule is COc1cccc(OCc2ccccc2)c1-c1cc(C(=O)N[C@H](CC(=O)O)C2CC2(C)C)nn1C1CCCCC1. The van der Waals surface area contributed by atoms with Crippen molar-refractivity contribution in [2.45, 2.75) is 77.5 Å². The Bertz CT molecular complexity index is 1340. The van der Waals surface area contributed by atoms with Crippen molar-refractivity contribution in [3.8, 4) is 22.8 Å². The second-order valence-electron chi connectivity index (χ2n) is 11.7. The van der Waals surface area contributed by atoms with Crippen molar-refractivity contribution in [2.24, 2.45) is 11.3 Å². The third kappa shape index (κ3) is 6.16. The van der Waals surface area contributed by atoms with Crippen LogP contribution in [0.4, 0.5) is 0 Å². The first-order valence-electron chi connectivity index (χ1n) is 14.2. The number of benzene rings is 2. The van der Waals surface area contributed by atoms with Crippen LogP contribution in [0.5, 0.6) is 11.5 Å². The molecule has 5 rings (SSSR count). The van der Waals surface area contributed by atoms with Gasteiger partial charge in [0.2, 0.25) is 0 Å². The van der Waals surface area contributed by atoms with E-state index in [2.05, 4.69) is 19.2 Å². The maximum atomic E-state index is 13.6. The fourth-order valence-electron chi connectivity index (χ4n) is 6.00. The molecule has 2 saturated carbocycles. The summed E-state index contributed by atoms with van der Waals surface area (Å²) in [7, 11) is 1.63. The Balaban J connectivity index is 1.51. The molecule has 8 nitrogen and oxygen atoms in total. The smallest absolute Gasteiger partial charge is 0.305 e. The molecule has 0 radical (unpaired) electrons. The second kappa shape index (κ2) is 11.7. The molecule has 8 heteroatoms. The van der Waals surface area contributed by atoms with Gasteiger partial charge in [-0.25, -0.2) is 0 Å². The fourth-order valence-corrected chi connectivity index (χ4v) is 6.00. The van der Waals surface area contributed by atoms with E-state index in [9.17, 15) is 14.7 Å². The maximum absolute atomic E-state index is 13.6. The molecule has 1 amide bonds. The molecule has 0 aliphatic heterocycles. The molecule has 2 fully saturated rings. The van der Waals surface area contributed by atoms with E-state index >= 15 is 0 Å². The average Bonchev–Trinajstić information content (AvgIpc) is 3.38. The Morgan fingerprint density at radius 3 is 2.42 bits per heavy atom. The summed E-state index contributed by atoms with van der Waals surface area (Å²) in [5, 5.41) is 17.4. The number of carboxylic acid groups (broad SMARTS) is 1. The van der Waals surface area contributed by atoms with Gasteiger partial charge in [0.15, 0.2) is 5.69 Å². The van der Waals surface area contributed by atoms with Gasteiger partial charge in [0.1, 0.15) is 18.1 Å². The summed E-state index contributed by atoms with van der Waals surface area (Å²) in [4.78, 5) is 25.2. The molecule has 212 valence electrons. The van der Waals surface area contributed by atoms with Gasteiger partial charge in [-0.15, -0.1) is 0 Å². The van der Waals surface area contributed by atoms with E-state index in [1.54, 1.807) is 13.2 Å². The number of hydrogen-bond acceptors (Lipinski definition) is 5. The highest BCUT2D eigenvalue weighted by Crippen LogP contribution is 2.54. The molecular formula is C32H39N3O5. The molecule has 2 atom stereocenters. The molecule has 1 unspecified atom stereocenters. The first kappa shape index (κ1) is 27.7. The Morgan fingerprint density at radius 2 is 1.77 bits per heavy atom. The molecule has 1 heterocycles. The van der Waals surface area contributed by atoms with Gasteiger partial charge in [-0.05, 0) is 54.4 Å². The topological polar surface area (TPSA) is 103 Å². The zero-order valence-corrected chi connectivity index (χ0v) is 23.6. The number of nitrogens with zero attached hydrogens (tertiary/aromatic N) is 2. The quantitative estimate of drug-likeness (QED) is 0.295. The largest absolute Gasteiger partial charge is 0.496 e. The number of hydrogen-bond donors (Lipinski definition) is 2. The molecule has 2 N–H and O–H groups in total. The number of carbonyl (C=O) groups excluding carboxylic acids is 1. The summed E-state index contributed by atoms with van der Waals surface area (Å²) in [6.07, 6.45) is 6.12. The zero-order chi connectivity index (χ0) is 28.3. The predicted molar refractivity (Wildman–Crippen MR) is 153 cm³/mol. The van der Waals surface area contributed by atoms with Crippen molar-refractivity contribution in [3.05, 3.63) is 65.9 Å². The number of nitrogens with one attached hydrogen (secondary N) is 1. The van der Waals surface area contributed by atoms with Crippen molar-refractivity contribution in [3.63, 3.8) is 0 Å². The van der Waals surface area contributed by atoms with Gasteiger partial charge < -0.3 is 19.9 Å². The van der Waals surface area contributed by atoms with Crippen LogP contribution >= 0.6 is 0 Å². The number of aliphatic carboxylic acids is 1. The minimum absolute atomic E-state index is 0.0163. The van der Waals surface area contributed by atoms with Crippen LogP contribution in [-0.2, 0) is 11.4 Å². The molecule has 40 heavy (non-hydrogen) atoms. The van der Waals surface area contributed by atoms with E-state index in [1.165, 1.54) is 6.42 Å². The van der Waals surface area contributed by atoms with Crippen LogP contribution in [0.2, 0.25) is 0 Å². The summed E-state index contributed by atoms with van der Waals surface area (Å²) in [6.45, 7) is 4.60. The number of ether oxygens (including phenoxy) is 2. The van der Waals surface area contributed by atoms with Crippen molar-refractivity contribution < 1.29 is 24.2 Å². The molecule has 0 spiro atoms. The lowest BCUT2D eigenvalue weighted by Gasteiger charge is -2.25. The second-order valence-corrected chi connectivity index (χ2v) is 11.7. The number of aromatic nitrogens is 2. The Kier molecular flexibility index (Phi) is 8.14. The minimum atomic E-state index is -0.921. The highest BCUT2D eigenvalue weighted by molar-refractivity contribution is 5.94. The van der Waals surface area contributed by atoms with E-state index in [4.69, 9.17) is 14.6 Å². The van der Waals surface area contributed by atoms with E-state index in [-0.39, 0.29) is 35.4 Å². The first-order valence-corrected chi connectivity index (χ1v) is 14.2. The van der Waals surface area contributed by atoms with Gasteiger partial charge in [-0.2, -0.15) is 5.10 Å². The van der Waals surface area contributed by atoms with Crippen LogP contribution < -0.4 is 14.8 Å². The molecular weight excluding hydrogens is 506 g/mol. The number of carboxylic acids is 1. The molecule has 2 aromatic carbocycles. The fraction of sp³-hybridized carbons (Fsp3) is 0.469.